The Morgan fingerprint density at radius 1 is 1.39 bits per heavy atom. The summed E-state index contributed by atoms with van der Waals surface area (Å²) in [6, 6.07) is 7.68. The highest BCUT2D eigenvalue weighted by Gasteiger charge is 2.16. The van der Waals surface area contributed by atoms with E-state index >= 15 is 0 Å². The van der Waals surface area contributed by atoms with E-state index in [1.807, 2.05) is 31.2 Å². The number of carboxylic acids is 1. The van der Waals surface area contributed by atoms with Crippen molar-refractivity contribution in [1.29, 1.82) is 0 Å². The third kappa shape index (κ3) is 2.65. The quantitative estimate of drug-likeness (QED) is 0.847. The molecule has 0 aliphatic heterocycles. The zero-order valence-electron chi connectivity index (χ0n) is 10.3. The van der Waals surface area contributed by atoms with E-state index in [1.54, 1.807) is 12.4 Å². The van der Waals surface area contributed by atoms with Gasteiger partial charge >= 0.3 is 5.97 Å². The van der Waals surface area contributed by atoms with Gasteiger partial charge in [0.25, 0.3) is 0 Å². The number of hydrogen-bond acceptors (Lipinski definition) is 3. The Hall–Kier alpha value is -1.94. The topological polar surface area (TPSA) is 62.2 Å². The molecule has 0 spiro atoms. The van der Waals surface area contributed by atoms with Crippen molar-refractivity contribution in [1.82, 2.24) is 10.3 Å². The first-order chi connectivity index (χ1) is 8.72. The van der Waals surface area contributed by atoms with Crippen LogP contribution in [0, 0.1) is 0 Å². The summed E-state index contributed by atoms with van der Waals surface area (Å²) in [5.41, 5.74) is 0.942. The number of rotatable bonds is 5. The lowest BCUT2D eigenvalue weighted by Crippen LogP contribution is -2.23. The molecule has 0 fully saturated rings. The van der Waals surface area contributed by atoms with Crippen LogP contribution in [-0.4, -0.2) is 22.6 Å². The zero-order valence-corrected chi connectivity index (χ0v) is 10.3. The summed E-state index contributed by atoms with van der Waals surface area (Å²) in [5, 5.41) is 14.3. The Kier molecular flexibility index (Phi) is 3.89. The van der Waals surface area contributed by atoms with Crippen molar-refractivity contribution in [2.45, 2.75) is 19.4 Å². The van der Waals surface area contributed by atoms with Gasteiger partial charge in [0.15, 0.2) is 0 Å². The molecule has 2 aromatic rings. The fraction of sp³-hybridized carbons (Fsp3) is 0.286. The fourth-order valence-corrected chi connectivity index (χ4v) is 2.13. The predicted octanol–water partition coefficient (Wildman–Crippen LogP) is 2.36. The molecule has 94 valence electrons. The van der Waals surface area contributed by atoms with Crippen LogP contribution in [0.3, 0.4) is 0 Å². The summed E-state index contributed by atoms with van der Waals surface area (Å²) in [6.07, 6.45) is 3.60. The number of pyridine rings is 1. The molecule has 0 saturated heterocycles. The molecular weight excluding hydrogens is 228 g/mol. The zero-order chi connectivity index (χ0) is 13.0. The van der Waals surface area contributed by atoms with E-state index in [0.717, 1.165) is 22.9 Å². The number of aliphatic carboxylic acids is 1. The van der Waals surface area contributed by atoms with Crippen LogP contribution in [-0.2, 0) is 4.79 Å². The van der Waals surface area contributed by atoms with E-state index in [1.165, 1.54) is 0 Å². The number of nitrogens with zero attached hydrogens (tertiary/aromatic N) is 1. The molecule has 1 atom stereocenters. The largest absolute Gasteiger partial charge is 0.481 e. The monoisotopic (exact) mass is 244 g/mol. The van der Waals surface area contributed by atoms with Crippen molar-refractivity contribution in [2.75, 3.05) is 6.54 Å². The molecule has 2 N–H and O–H groups in total. The second-order valence-electron chi connectivity index (χ2n) is 4.16. The van der Waals surface area contributed by atoms with Crippen LogP contribution in [0.25, 0.3) is 10.8 Å². The highest BCUT2D eigenvalue weighted by Crippen LogP contribution is 2.25. The second kappa shape index (κ2) is 5.60. The van der Waals surface area contributed by atoms with Crippen molar-refractivity contribution in [3.63, 3.8) is 0 Å². The van der Waals surface area contributed by atoms with Crippen LogP contribution in [0.15, 0.2) is 36.7 Å². The minimum Gasteiger partial charge on any atom is -0.481 e. The van der Waals surface area contributed by atoms with Crippen LogP contribution in [0.1, 0.15) is 24.9 Å². The molecule has 4 heteroatoms. The van der Waals surface area contributed by atoms with Crippen LogP contribution in [0.5, 0.6) is 0 Å². The summed E-state index contributed by atoms with van der Waals surface area (Å²) in [5.74, 6) is -0.811. The van der Waals surface area contributed by atoms with Crippen molar-refractivity contribution in [2.24, 2.45) is 0 Å². The molecule has 18 heavy (non-hydrogen) atoms. The summed E-state index contributed by atoms with van der Waals surface area (Å²) >= 11 is 0. The molecule has 1 unspecified atom stereocenters. The van der Waals surface area contributed by atoms with Gasteiger partial charge in [0.05, 0.1) is 6.42 Å². The maximum Gasteiger partial charge on any atom is 0.305 e. The number of hydrogen-bond donors (Lipinski definition) is 2. The Bertz CT molecular complexity index is 549. The minimum absolute atomic E-state index is 0.0591. The molecule has 1 aromatic heterocycles. The maximum absolute atomic E-state index is 10.9. The lowest BCUT2D eigenvalue weighted by atomic mass is 9.99. The average Bonchev–Trinajstić information content (AvgIpc) is 2.37. The first kappa shape index (κ1) is 12.5. The van der Waals surface area contributed by atoms with Gasteiger partial charge in [0.1, 0.15) is 0 Å². The Labute approximate surface area is 106 Å². The van der Waals surface area contributed by atoms with E-state index in [9.17, 15) is 4.79 Å². The van der Waals surface area contributed by atoms with E-state index in [2.05, 4.69) is 10.3 Å². The smallest absolute Gasteiger partial charge is 0.305 e. The van der Waals surface area contributed by atoms with Gasteiger partial charge in [0, 0.05) is 23.8 Å². The standard InChI is InChI=1S/C14H16N2O2/c1-2-16-13(7-14(17)18)12-9-15-8-10-5-3-4-6-11(10)12/h3-6,8-9,13,16H,2,7H2,1H3,(H,17,18). The maximum atomic E-state index is 10.9. The van der Waals surface area contributed by atoms with Gasteiger partial charge in [-0.1, -0.05) is 31.2 Å². The van der Waals surface area contributed by atoms with E-state index in [0.29, 0.717) is 0 Å². The van der Waals surface area contributed by atoms with Crippen LogP contribution in [0.2, 0.25) is 0 Å². The third-order valence-electron chi connectivity index (χ3n) is 2.90. The molecular formula is C14H16N2O2. The van der Waals surface area contributed by atoms with Gasteiger partial charge in [-0.3, -0.25) is 9.78 Å². The van der Waals surface area contributed by atoms with Crippen molar-refractivity contribution in [3.8, 4) is 0 Å². The number of carboxylic acid groups (broad SMARTS) is 1. The van der Waals surface area contributed by atoms with E-state index in [4.69, 9.17) is 5.11 Å². The van der Waals surface area contributed by atoms with Crippen LogP contribution in [0.4, 0.5) is 0 Å². The number of aromatic nitrogens is 1. The third-order valence-corrected chi connectivity index (χ3v) is 2.90. The van der Waals surface area contributed by atoms with Crippen LogP contribution >= 0.6 is 0 Å². The number of nitrogens with one attached hydrogen (secondary N) is 1. The van der Waals surface area contributed by atoms with Crippen molar-refractivity contribution >= 4 is 16.7 Å². The average molecular weight is 244 g/mol. The Morgan fingerprint density at radius 3 is 2.89 bits per heavy atom. The number of benzene rings is 1. The molecule has 0 amide bonds. The SMILES string of the molecule is CCNC(CC(=O)O)c1cncc2ccccc12. The summed E-state index contributed by atoms with van der Waals surface area (Å²) in [4.78, 5) is 15.1. The highest BCUT2D eigenvalue weighted by atomic mass is 16.4. The minimum atomic E-state index is -0.811. The number of carbonyl (C=O) groups is 1. The van der Waals surface area contributed by atoms with Gasteiger partial charge in [-0.05, 0) is 17.5 Å². The molecule has 0 radical (unpaired) electrons. The van der Waals surface area contributed by atoms with E-state index < -0.39 is 5.97 Å². The van der Waals surface area contributed by atoms with Gasteiger partial charge in [-0.25, -0.2) is 0 Å². The van der Waals surface area contributed by atoms with Gasteiger partial charge < -0.3 is 10.4 Å². The predicted molar refractivity (Wildman–Crippen MR) is 70.4 cm³/mol. The van der Waals surface area contributed by atoms with Crippen molar-refractivity contribution < 1.29 is 9.90 Å². The molecule has 2 rings (SSSR count). The summed E-state index contributed by atoms with van der Waals surface area (Å²) in [6.45, 7) is 2.69. The highest BCUT2D eigenvalue weighted by molar-refractivity contribution is 5.85. The summed E-state index contributed by atoms with van der Waals surface area (Å²) in [7, 11) is 0. The molecule has 4 nitrogen and oxygen atoms in total. The fourth-order valence-electron chi connectivity index (χ4n) is 2.13. The molecule has 0 aliphatic rings. The molecule has 1 aromatic carbocycles. The molecule has 0 aliphatic carbocycles. The van der Waals surface area contributed by atoms with Crippen molar-refractivity contribution in [3.05, 3.63) is 42.2 Å². The molecule has 0 bridgehead atoms. The van der Waals surface area contributed by atoms with E-state index in [-0.39, 0.29) is 12.5 Å². The lowest BCUT2D eigenvalue weighted by molar-refractivity contribution is -0.137. The normalized spacial score (nSPS) is 12.5. The Balaban J connectivity index is 2.46. The number of fused-ring (bicyclic) bond motifs is 1. The first-order valence-corrected chi connectivity index (χ1v) is 6.00. The molecule has 1 heterocycles. The van der Waals surface area contributed by atoms with Gasteiger partial charge in [-0.2, -0.15) is 0 Å². The van der Waals surface area contributed by atoms with Gasteiger partial charge in [-0.15, -0.1) is 0 Å². The van der Waals surface area contributed by atoms with Crippen LogP contribution < -0.4 is 5.32 Å². The van der Waals surface area contributed by atoms with Gasteiger partial charge in [0.2, 0.25) is 0 Å². The second-order valence-corrected chi connectivity index (χ2v) is 4.16. The molecule has 0 saturated carbocycles. The summed E-state index contributed by atoms with van der Waals surface area (Å²) < 4.78 is 0. The Morgan fingerprint density at radius 2 is 2.17 bits per heavy atom. The lowest BCUT2D eigenvalue weighted by Gasteiger charge is -2.17. The first-order valence-electron chi connectivity index (χ1n) is 6.00.